The highest BCUT2D eigenvalue weighted by Crippen LogP contribution is 2.23. The van der Waals surface area contributed by atoms with Crippen molar-refractivity contribution in [2.24, 2.45) is 0 Å². The van der Waals surface area contributed by atoms with Crippen molar-refractivity contribution in [1.29, 1.82) is 0 Å². The lowest BCUT2D eigenvalue weighted by Crippen LogP contribution is -2.42. The lowest BCUT2D eigenvalue weighted by molar-refractivity contribution is -0.0731. The molecule has 4 atom stereocenters. The Hall–Kier alpha value is 0.270. The minimum atomic E-state index is -0.304. The molecule has 1 aliphatic heterocycles. The van der Waals surface area contributed by atoms with Crippen LogP contribution in [0.5, 0.6) is 0 Å². The van der Waals surface area contributed by atoms with Gasteiger partial charge in [-0.3, -0.25) is 0 Å². The molecule has 2 nitrogen and oxygen atoms in total. The Morgan fingerprint density at radius 1 is 1.50 bits per heavy atom. The molecule has 1 rings (SSSR count). The molecule has 0 saturated carbocycles. The summed E-state index contributed by atoms with van der Waals surface area (Å²) in [6.45, 7) is 3.91. The molecule has 2 unspecified atom stereocenters. The maximum atomic E-state index is 9.36. The summed E-state index contributed by atoms with van der Waals surface area (Å²) >= 11 is 4.22. The second-order valence-corrected chi connectivity index (χ2v) is 3.54. The van der Waals surface area contributed by atoms with Gasteiger partial charge in [0.25, 0.3) is 0 Å². The van der Waals surface area contributed by atoms with E-state index in [1.165, 1.54) is 0 Å². The van der Waals surface area contributed by atoms with E-state index >= 15 is 0 Å². The summed E-state index contributed by atoms with van der Waals surface area (Å²) in [7, 11) is 0. The van der Waals surface area contributed by atoms with Crippen molar-refractivity contribution in [3.05, 3.63) is 0 Å². The molecule has 0 aromatic heterocycles. The first-order valence-corrected chi connectivity index (χ1v) is 4.14. The van der Waals surface area contributed by atoms with E-state index < -0.39 is 0 Å². The largest absolute Gasteiger partial charge is 0.392 e. The summed E-state index contributed by atoms with van der Waals surface area (Å²) < 4.78 is 5.43. The van der Waals surface area contributed by atoms with Crippen molar-refractivity contribution >= 4 is 12.6 Å². The van der Waals surface area contributed by atoms with Gasteiger partial charge in [-0.05, 0) is 13.8 Å². The average molecular weight is 162 g/mol. The van der Waals surface area contributed by atoms with Crippen LogP contribution in [-0.2, 0) is 4.74 Å². The molecule has 3 heteroatoms. The predicted octanol–water partition coefficient (Wildman–Crippen LogP) is 0.843. The van der Waals surface area contributed by atoms with Crippen molar-refractivity contribution < 1.29 is 9.84 Å². The molecule has 0 bridgehead atoms. The molecular weight excluding hydrogens is 148 g/mol. The van der Waals surface area contributed by atoms with Crippen LogP contribution >= 0.6 is 12.6 Å². The number of aliphatic hydroxyl groups is 1. The van der Waals surface area contributed by atoms with E-state index in [0.29, 0.717) is 6.42 Å². The second kappa shape index (κ2) is 3.11. The fourth-order valence-electron chi connectivity index (χ4n) is 1.29. The van der Waals surface area contributed by atoms with Gasteiger partial charge in [0.2, 0.25) is 0 Å². The van der Waals surface area contributed by atoms with E-state index in [9.17, 15) is 5.11 Å². The summed E-state index contributed by atoms with van der Waals surface area (Å²) in [5.41, 5.74) is 0. The van der Waals surface area contributed by atoms with Crippen molar-refractivity contribution in [2.45, 2.75) is 43.8 Å². The molecule has 1 heterocycles. The summed E-state index contributed by atoms with van der Waals surface area (Å²) in [5, 5.41) is 9.34. The van der Waals surface area contributed by atoms with Gasteiger partial charge in [-0.1, -0.05) is 0 Å². The van der Waals surface area contributed by atoms with Crippen LogP contribution in [0.1, 0.15) is 20.3 Å². The Morgan fingerprint density at radius 2 is 2.10 bits per heavy atom. The lowest BCUT2D eigenvalue weighted by Gasteiger charge is -2.34. The van der Waals surface area contributed by atoms with Gasteiger partial charge in [0.05, 0.1) is 23.6 Å². The van der Waals surface area contributed by atoms with Crippen LogP contribution < -0.4 is 0 Å². The fourth-order valence-corrected chi connectivity index (χ4v) is 1.49. The minimum Gasteiger partial charge on any atom is -0.392 e. The molecule has 1 saturated heterocycles. The van der Waals surface area contributed by atoms with Gasteiger partial charge in [0.15, 0.2) is 0 Å². The third-order valence-electron chi connectivity index (χ3n) is 1.90. The van der Waals surface area contributed by atoms with Crippen LogP contribution in [0.3, 0.4) is 0 Å². The molecule has 0 radical (unpaired) electrons. The smallest absolute Gasteiger partial charge is 0.0705 e. The van der Waals surface area contributed by atoms with Gasteiger partial charge in [-0.15, -0.1) is 0 Å². The Kier molecular flexibility index (Phi) is 2.61. The first-order chi connectivity index (χ1) is 4.61. The van der Waals surface area contributed by atoms with E-state index in [2.05, 4.69) is 12.6 Å². The monoisotopic (exact) mass is 162 g/mol. The second-order valence-electron chi connectivity index (χ2n) is 2.95. The molecule has 0 amide bonds. The van der Waals surface area contributed by atoms with Gasteiger partial charge in [-0.2, -0.15) is 12.6 Å². The molecule has 1 fully saturated rings. The molecule has 60 valence electrons. The Labute approximate surface area is 67.0 Å². The van der Waals surface area contributed by atoms with Gasteiger partial charge < -0.3 is 9.84 Å². The summed E-state index contributed by atoms with van der Waals surface area (Å²) in [6, 6.07) is 0. The lowest BCUT2D eigenvalue weighted by atomic mass is 10.0. The zero-order chi connectivity index (χ0) is 7.72. The summed E-state index contributed by atoms with van der Waals surface area (Å²) in [6.07, 6.45) is 0.649. The molecule has 0 aromatic rings. The SMILES string of the molecule is CC1C[C@H](O)C(S)[C@@H](C)O1. The molecule has 0 aromatic carbocycles. The van der Waals surface area contributed by atoms with Crippen LogP contribution in [0, 0.1) is 0 Å². The molecule has 1 aliphatic rings. The highest BCUT2D eigenvalue weighted by atomic mass is 32.1. The van der Waals surface area contributed by atoms with Crippen molar-refractivity contribution in [3.8, 4) is 0 Å². The Balaban J connectivity index is 2.49. The van der Waals surface area contributed by atoms with Crippen molar-refractivity contribution in [3.63, 3.8) is 0 Å². The van der Waals surface area contributed by atoms with E-state index in [-0.39, 0.29) is 23.6 Å². The molecule has 1 N–H and O–H groups in total. The molecule has 0 spiro atoms. The molecular formula is C7H14O2S. The number of hydrogen-bond acceptors (Lipinski definition) is 3. The first-order valence-electron chi connectivity index (χ1n) is 3.63. The van der Waals surface area contributed by atoms with Crippen LogP contribution in [0.2, 0.25) is 0 Å². The number of aliphatic hydroxyl groups excluding tert-OH is 1. The summed E-state index contributed by atoms with van der Waals surface area (Å²) in [5.74, 6) is 0. The van der Waals surface area contributed by atoms with Crippen LogP contribution in [0.25, 0.3) is 0 Å². The Bertz CT molecular complexity index is 106. The first kappa shape index (κ1) is 8.37. The maximum absolute atomic E-state index is 9.36. The van der Waals surface area contributed by atoms with Crippen LogP contribution in [-0.4, -0.2) is 28.7 Å². The van der Waals surface area contributed by atoms with E-state index in [1.54, 1.807) is 0 Å². The quantitative estimate of drug-likeness (QED) is 0.517. The third-order valence-corrected chi connectivity index (χ3v) is 2.66. The Morgan fingerprint density at radius 3 is 2.60 bits per heavy atom. The number of hydrogen-bond donors (Lipinski definition) is 2. The third kappa shape index (κ3) is 1.65. The maximum Gasteiger partial charge on any atom is 0.0705 e. The van der Waals surface area contributed by atoms with E-state index in [0.717, 1.165) is 0 Å². The number of ether oxygens (including phenoxy) is 1. The van der Waals surface area contributed by atoms with Gasteiger partial charge >= 0.3 is 0 Å². The normalized spacial score (nSPS) is 49.2. The number of thiol groups is 1. The van der Waals surface area contributed by atoms with E-state index in [1.807, 2.05) is 13.8 Å². The van der Waals surface area contributed by atoms with Gasteiger partial charge in [0, 0.05) is 6.42 Å². The highest BCUT2D eigenvalue weighted by Gasteiger charge is 2.30. The van der Waals surface area contributed by atoms with Crippen molar-refractivity contribution in [2.75, 3.05) is 0 Å². The summed E-state index contributed by atoms with van der Waals surface area (Å²) in [4.78, 5) is 0. The zero-order valence-electron chi connectivity index (χ0n) is 6.32. The molecule has 0 aliphatic carbocycles. The standard InChI is InChI=1S/C7H14O2S/c1-4-3-6(8)7(10)5(2)9-4/h4-8,10H,3H2,1-2H3/t4?,5-,6+,7?/m1/s1. The zero-order valence-corrected chi connectivity index (χ0v) is 7.21. The van der Waals surface area contributed by atoms with Crippen LogP contribution in [0.15, 0.2) is 0 Å². The van der Waals surface area contributed by atoms with E-state index in [4.69, 9.17) is 4.74 Å². The average Bonchev–Trinajstić information content (AvgIpc) is 1.82. The topological polar surface area (TPSA) is 29.5 Å². The van der Waals surface area contributed by atoms with Gasteiger partial charge in [0.1, 0.15) is 0 Å². The van der Waals surface area contributed by atoms with Gasteiger partial charge in [-0.25, -0.2) is 0 Å². The number of rotatable bonds is 0. The van der Waals surface area contributed by atoms with Crippen molar-refractivity contribution in [1.82, 2.24) is 0 Å². The fraction of sp³-hybridized carbons (Fsp3) is 1.00. The minimum absolute atomic E-state index is 0.0174. The highest BCUT2D eigenvalue weighted by molar-refractivity contribution is 7.81. The predicted molar refractivity (Wildman–Crippen MR) is 43.4 cm³/mol. The molecule has 10 heavy (non-hydrogen) atoms. The van der Waals surface area contributed by atoms with Crippen LogP contribution in [0.4, 0.5) is 0 Å².